The first kappa shape index (κ1) is 12.3. The van der Waals surface area contributed by atoms with E-state index in [0.717, 1.165) is 10.0 Å². The van der Waals surface area contributed by atoms with Crippen LogP contribution in [0.5, 0.6) is 0 Å². The molecule has 0 saturated heterocycles. The molecule has 0 spiro atoms. The molecule has 16 heavy (non-hydrogen) atoms. The molecule has 82 valence electrons. The van der Waals surface area contributed by atoms with E-state index < -0.39 is 0 Å². The molecular weight excluding hydrogens is 379 g/mol. The van der Waals surface area contributed by atoms with E-state index in [1.165, 1.54) is 0 Å². The maximum absolute atomic E-state index is 6.07. The first-order chi connectivity index (χ1) is 7.58. The minimum absolute atomic E-state index is 0.362. The smallest absolute Gasteiger partial charge is 0.162 e. The average molecular weight is 383 g/mol. The SMILES string of the molecule is Clc1ccc(Br)cc1-c1ncc(Br)c(Cl)n1. The van der Waals surface area contributed by atoms with Crippen LogP contribution in [0.25, 0.3) is 11.4 Å². The summed E-state index contributed by atoms with van der Waals surface area (Å²) in [5.74, 6) is 0.500. The Balaban J connectivity index is 2.58. The highest BCUT2D eigenvalue weighted by molar-refractivity contribution is 9.10. The van der Waals surface area contributed by atoms with Crippen molar-refractivity contribution in [1.29, 1.82) is 0 Å². The van der Waals surface area contributed by atoms with Gasteiger partial charge in [-0.05, 0) is 34.1 Å². The molecule has 2 nitrogen and oxygen atoms in total. The molecule has 0 aliphatic heterocycles. The van der Waals surface area contributed by atoms with Gasteiger partial charge in [0, 0.05) is 16.2 Å². The van der Waals surface area contributed by atoms with Gasteiger partial charge in [-0.3, -0.25) is 0 Å². The highest BCUT2D eigenvalue weighted by Crippen LogP contribution is 2.30. The molecule has 0 N–H and O–H groups in total. The number of hydrogen-bond donors (Lipinski definition) is 0. The lowest BCUT2D eigenvalue weighted by molar-refractivity contribution is 1.16. The van der Waals surface area contributed by atoms with Crippen molar-refractivity contribution in [2.24, 2.45) is 0 Å². The predicted molar refractivity (Wildman–Crippen MR) is 72.9 cm³/mol. The quantitative estimate of drug-likeness (QED) is 0.650. The van der Waals surface area contributed by atoms with Gasteiger partial charge in [0.25, 0.3) is 0 Å². The Morgan fingerprint density at radius 2 is 1.88 bits per heavy atom. The third kappa shape index (κ3) is 2.56. The van der Waals surface area contributed by atoms with Crippen molar-refractivity contribution in [1.82, 2.24) is 9.97 Å². The number of halogens is 4. The van der Waals surface area contributed by atoms with Gasteiger partial charge < -0.3 is 0 Å². The van der Waals surface area contributed by atoms with Crippen molar-refractivity contribution < 1.29 is 0 Å². The first-order valence-corrected chi connectivity index (χ1v) is 6.55. The summed E-state index contributed by atoms with van der Waals surface area (Å²) in [5, 5.41) is 0.947. The zero-order valence-corrected chi connectivity index (χ0v) is 12.4. The Morgan fingerprint density at radius 1 is 1.12 bits per heavy atom. The van der Waals surface area contributed by atoms with Gasteiger partial charge in [-0.2, -0.15) is 0 Å². The summed E-state index contributed by atoms with van der Waals surface area (Å²) >= 11 is 18.6. The van der Waals surface area contributed by atoms with E-state index in [1.807, 2.05) is 12.1 Å². The lowest BCUT2D eigenvalue weighted by Crippen LogP contribution is -1.90. The molecule has 2 aromatic rings. The second kappa shape index (κ2) is 5.00. The summed E-state index contributed by atoms with van der Waals surface area (Å²) in [4.78, 5) is 8.31. The molecule has 0 bridgehead atoms. The van der Waals surface area contributed by atoms with Gasteiger partial charge in [-0.15, -0.1) is 0 Å². The molecule has 0 saturated carbocycles. The molecule has 0 atom stereocenters. The number of rotatable bonds is 1. The van der Waals surface area contributed by atoms with E-state index in [0.29, 0.717) is 20.5 Å². The Labute approximate surface area is 119 Å². The van der Waals surface area contributed by atoms with Crippen LogP contribution >= 0.6 is 55.1 Å². The normalized spacial score (nSPS) is 10.5. The van der Waals surface area contributed by atoms with Gasteiger partial charge in [-0.25, -0.2) is 9.97 Å². The molecule has 2 rings (SSSR count). The minimum Gasteiger partial charge on any atom is -0.235 e. The molecular formula is C10H4Br2Cl2N2. The van der Waals surface area contributed by atoms with Crippen molar-refractivity contribution >= 4 is 55.1 Å². The molecule has 0 aliphatic rings. The van der Waals surface area contributed by atoms with Crippen LogP contribution in [0.2, 0.25) is 10.2 Å². The van der Waals surface area contributed by atoms with Crippen LogP contribution in [0.15, 0.2) is 33.3 Å². The van der Waals surface area contributed by atoms with E-state index in [9.17, 15) is 0 Å². The summed E-state index contributed by atoms with van der Waals surface area (Å²) in [6, 6.07) is 5.48. The standard InChI is InChI=1S/C10H4Br2Cl2N2/c11-5-1-2-8(13)6(3-5)10-15-4-7(12)9(14)16-10/h1-4H. The van der Waals surface area contributed by atoms with Gasteiger partial charge in [0.15, 0.2) is 5.82 Å². The van der Waals surface area contributed by atoms with Crippen molar-refractivity contribution in [3.05, 3.63) is 43.5 Å². The molecule has 1 heterocycles. The third-order valence-corrected chi connectivity index (χ3v) is 3.79. The summed E-state index contributed by atoms with van der Waals surface area (Å²) in [7, 11) is 0. The van der Waals surface area contributed by atoms with Crippen molar-refractivity contribution in [3.63, 3.8) is 0 Å². The van der Waals surface area contributed by atoms with Crippen LogP contribution in [0, 0.1) is 0 Å². The van der Waals surface area contributed by atoms with E-state index in [-0.39, 0.29) is 0 Å². The zero-order valence-electron chi connectivity index (χ0n) is 7.72. The molecule has 1 aromatic carbocycles. The van der Waals surface area contributed by atoms with Crippen LogP contribution in [-0.2, 0) is 0 Å². The Hall–Kier alpha value is -0.160. The third-order valence-electron chi connectivity index (χ3n) is 1.87. The summed E-state index contributed by atoms with van der Waals surface area (Å²) in [6.45, 7) is 0. The minimum atomic E-state index is 0.362. The van der Waals surface area contributed by atoms with Gasteiger partial charge in [0.2, 0.25) is 0 Å². The number of benzene rings is 1. The van der Waals surface area contributed by atoms with Crippen LogP contribution in [0.1, 0.15) is 0 Å². The second-order valence-electron chi connectivity index (χ2n) is 2.96. The van der Waals surface area contributed by atoms with Crippen LogP contribution in [-0.4, -0.2) is 9.97 Å². The molecule has 6 heteroatoms. The monoisotopic (exact) mass is 380 g/mol. The lowest BCUT2D eigenvalue weighted by Gasteiger charge is -2.04. The first-order valence-electron chi connectivity index (χ1n) is 4.21. The van der Waals surface area contributed by atoms with Gasteiger partial charge in [0.1, 0.15) is 5.15 Å². The fourth-order valence-electron chi connectivity index (χ4n) is 1.14. The van der Waals surface area contributed by atoms with Crippen LogP contribution in [0.4, 0.5) is 0 Å². The fourth-order valence-corrected chi connectivity index (χ4v) is 2.03. The van der Waals surface area contributed by atoms with Gasteiger partial charge in [-0.1, -0.05) is 39.1 Å². The highest BCUT2D eigenvalue weighted by Gasteiger charge is 2.09. The number of hydrogen-bond acceptors (Lipinski definition) is 2. The molecule has 1 aromatic heterocycles. The van der Waals surface area contributed by atoms with Gasteiger partial charge in [0.05, 0.1) is 9.50 Å². The van der Waals surface area contributed by atoms with E-state index >= 15 is 0 Å². The molecule has 0 unspecified atom stereocenters. The van der Waals surface area contributed by atoms with Gasteiger partial charge >= 0.3 is 0 Å². The Bertz CT molecular complexity index is 546. The molecule has 0 aliphatic carbocycles. The Kier molecular flexibility index (Phi) is 3.85. The average Bonchev–Trinajstić information content (AvgIpc) is 2.26. The summed E-state index contributed by atoms with van der Waals surface area (Å²) < 4.78 is 1.57. The Morgan fingerprint density at radius 3 is 2.56 bits per heavy atom. The van der Waals surface area contributed by atoms with Crippen molar-refractivity contribution in [3.8, 4) is 11.4 Å². The predicted octanol–water partition coefficient (Wildman–Crippen LogP) is 4.98. The zero-order chi connectivity index (χ0) is 11.7. The van der Waals surface area contributed by atoms with Crippen molar-refractivity contribution in [2.75, 3.05) is 0 Å². The summed E-state index contributed by atoms with van der Waals surface area (Å²) in [5.41, 5.74) is 0.741. The topological polar surface area (TPSA) is 25.8 Å². The maximum atomic E-state index is 6.07. The highest BCUT2D eigenvalue weighted by atomic mass is 79.9. The van der Waals surface area contributed by atoms with E-state index in [4.69, 9.17) is 23.2 Å². The van der Waals surface area contributed by atoms with E-state index in [1.54, 1.807) is 12.3 Å². The molecule has 0 amide bonds. The lowest BCUT2D eigenvalue weighted by atomic mass is 10.2. The maximum Gasteiger partial charge on any atom is 0.162 e. The fraction of sp³-hybridized carbons (Fsp3) is 0. The van der Waals surface area contributed by atoms with Crippen LogP contribution < -0.4 is 0 Å². The largest absolute Gasteiger partial charge is 0.235 e. The number of nitrogens with zero attached hydrogens (tertiary/aromatic N) is 2. The van der Waals surface area contributed by atoms with Crippen molar-refractivity contribution in [2.45, 2.75) is 0 Å². The van der Waals surface area contributed by atoms with E-state index in [2.05, 4.69) is 41.8 Å². The molecule has 0 radical (unpaired) electrons. The second-order valence-corrected chi connectivity index (χ2v) is 5.49. The van der Waals surface area contributed by atoms with Crippen LogP contribution in [0.3, 0.4) is 0 Å². The summed E-state index contributed by atoms with van der Waals surface area (Å²) in [6.07, 6.45) is 1.60. The number of aromatic nitrogens is 2. The molecule has 0 fully saturated rings.